The number of hydrogen-bond acceptors (Lipinski definition) is 3. The van der Waals surface area contributed by atoms with Crippen molar-refractivity contribution < 1.29 is 14.3 Å². The average molecular weight is 341 g/mol. The molecule has 0 aliphatic carbocycles. The van der Waals surface area contributed by atoms with E-state index >= 15 is 0 Å². The van der Waals surface area contributed by atoms with Crippen LogP contribution in [0.5, 0.6) is 11.5 Å². The Labute approximate surface area is 150 Å². The molecule has 2 aromatic carbocycles. The second-order valence-corrected chi connectivity index (χ2v) is 6.72. The predicted octanol–water partition coefficient (Wildman–Crippen LogP) is 4.92. The van der Waals surface area contributed by atoms with Crippen LogP contribution in [0.4, 0.5) is 5.69 Å². The molecule has 0 aromatic heterocycles. The van der Waals surface area contributed by atoms with Crippen LogP contribution in [0.2, 0.25) is 0 Å². The molecule has 0 spiro atoms. The van der Waals surface area contributed by atoms with Crippen molar-refractivity contribution in [3.63, 3.8) is 0 Å². The number of benzene rings is 2. The van der Waals surface area contributed by atoms with Crippen molar-refractivity contribution in [1.82, 2.24) is 0 Å². The highest BCUT2D eigenvalue weighted by molar-refractivity contribution is 5.91. The molecule has 2 rings (SSSR count). The molecule has 0 unspecified atom stereocenters. The zero-order valence-electron chi connectivity index (χ0n) is 15.6. The van der Waals surface area contributed by atoms with Crippen molar-refractivity contribution in [2.45, 2.75) is 46.6 Å². The fourth-order valence-electron chi connectivity index (χ4n) is 2.47. The first kappa shape index (κ1) is 18.8. The Morgan fingerprint density at radius 1 is 1.04 bits per heavy atom. The van der Waals surface area contributed by atoms with Crippen molar-refractivity contribution >= 4 is 11.6 Å². The largest absolute Gasteiger partial charge is 0.491 e. The Hall–Kier alpha value is -2.49. The number of ether oxygens (including phenoxy) is 2. The molecular formula is C21H27NO3. The minimum Gasteiger partial charge on any atom is -0.491 e. The second kappa shape index (κ2) is 8.56. The van der Waals surface area contributed by atoms with Gasteiger partial charge in [0, 0.05) is 5.69 Å². The number of carbonyl (C=O) groups excluding carboxylic acids is 1. The Balaban J connectivity index is 1.94. The highest BCUT2D eigenvalue weighted by Crippen LogP contribution is 2.27. The number of nitrogens with one attached hydrogen (secondary N) is 1. The molecule has 0 heterocycles. The van der Waals surface area contributed by atoms with Gasteiger partial charge in [-0.2, -0.15) is 0 Å². The Bertz CT molecular complexity index is 706. The van der Waals surface area contributed by atoms with E-state index in [1.165, 1.54) is 0 Å². The van der Waals surface area contributed by atoms with Gasteiger partial charge in [-0.1, -0.05) is 26.0 Å². The first-order valence-corrected chi connectivity index (χ1v) is 8.65. The molecule has 0 fully saturated rings. The molecule has 25 heavy (non-hydrogen) atoms. The molecule has 0 radical (unpaired) electrons. The van der Waals surface area contributed by atoms with Crippen LogP contribution in [0.25, 0.3) is 0 Å². The number of rotatable bonds is 7. The summed E-state index contributed by atoms with van der Waals surface area (Å²) in [5.74, 6) is 1.71. The number of anilines is 1. The van der Waals surface area contributed by atoms with Crippen LogP contribution in [0.15, 0.2) is 42.5 Å². The number of hydrogen-bond donors (Lipinski definition) is 1. The van der Waals surface area contributed by atoms with Gasteiger partial charge >= 0.3 is 0 Å². The molecule has 134 valence electrons. The molecule has 1 N–H and O–H groups in total. The molecule has 0 aliphatic rings. The van der Waals surface area contributed by atoms with Gasteiger partial charge in [0.1, 0.15) is 11.5 Å². The van der Waals surface area contributed by atoms with E-state index in [2.05, 4.69) is 31.3 Å². The van der Waals surface area contributed by atoms with Gasteiger partial charge in [0.2, 0.25) is 0 Å². The zero-order valence-corrected chi connectivity index (χ0v) is 15.6. The van der Waals surface area contributed by atoms with Crippen molar-refractivity contribution in [2.24, 2.45) is 0 Å². The summed E-state index contributed by atoms with van der Waals surface area (Å²) in [7, 11) is 0. The summed E-state index contributed by atoms with van der Waals surface area (Å²) >= 11 is 0. The summed E-state index contributed by atoms with van der Waals surface area (Å²) in [4.78, 5) is 12.1. The maximum Gasteiger partial charge on any atom is 0.262 e. The van der Waals surface area contributed by atoms with Crippen LogP contribution in [-0.4, -0.2) is 18.6 Å². The topological polar surface area (TPSA) is 47.6 Å². The molecule has 0 saturated heterocycles. The van der Waals surface area contributed by atoms with E-state index in [-0.39, 0.29) is 18.6 Å². The number of aryl methyl sites for hydroxylation is 1. The third-order valence-electron chi connectivity index (χ3n) is 3.66. The zero-order chi connectivity index (χ0) is 18.4. The lowest BCUT2D eigenvalue weighted by atomic mass is 10.0. The molecule has 0 saturated carbocycles. The van der Waals surface area contributed by atoms with E-state index in [4.69, 9.17) is 9.47 Å². The fourth-order valence-corrected chi connectivity index (χ4v) is 2.47. The highest BCUT2D eigenvalue weighted by atomic mass is 16.5. The molecule has 4 heteroatoms. The van der Waals surface area contributed by atoms with Gasteiger partial charge in [-0.25, -0.2) is 0 Å². The van der Waals surface area contributed by atoms with Crippen molar-refractivity contribution in [2.75, 3.05) is 11.9 Å². The Morgan fingerprint density at radius 3 is 2.32 bits per heavy atom. The minimum absolute atomic E-state index is 0.0204. The van der Waals surface area contributed by atoms with Crippen molar-refractivity contribution in [3.8, 4) is 11.5 Å². The smallest absolute Gasteiger partial charge is 0.262 e. The third-order valence-corrected chi connectivity index (χ3v) is 3.66. The van der Waals surface area contributed by atoms with Crippen molar-refractivity contribution in [1.29, 1.82) is 0 Å². The summed E-state index contributed by atoms with van der Waals surface area (Å²) in [6, 6.07) is 13.4. The summed E-state index contributed by atoms with van der Waals surface area (Å²) < 4.78 is 11.3. The fraction of sp³-hybridized carbons (Fsp3) is 0.381. The molecule has 0 bridgehead atoms. The monoisotopic (exact) mass is 341 g/mol. The first-order valence-electron chi connectivity index (χ1n) is 8.65. The number of amides is 1. The lowest BCUT2D eigenvalue weighted by molar-refractivity contribution is -0.118. The minimum atomic E-state index is -0.186. The lowest BCUT2D eigenvalue weighted by Crippen LogP contribution is -2.20. The SMILES string of the molecule is Cc1ccc(C(C)C)c(OCC(=O)Nc2ccc(OC(C)C)cc2)c1. The Kier molecular flexibility index (Phi) is 6.45. The second-order valence-electron chi connectivity index (χ2n) is 6.72. The third kappa shape index (κ3) is 5.82. The summed E-state index contributed by atoms with van der Waals surface area (Å²) in [5.41, 5.74) is 2.94. The van der Waals surface area contributed by atoms with E-state index in [9.17, 15) is 4.79 Å². The summed E-state index contributed by atoms with van der Waals surface area (Å²) in [6.07, 6.45) is 0.123. The average Bonchev–Trinajstić information content (AvgIpc) is 2.54. The van der Waals surface area contributed by atoms with Crippen LogP contribution in [0.1, 0.15) is 44.7 Å². The van der Waals surface area contributed by atoms with Gasteiger partial charge < -0.3 is 14.8 Å². The molecule has 2 aromatic rings. The van der Waals surface area contributed by atoms with Crippen LogP contribution in [-0.2, 0) is 4.79 Å². The normalized spacial score (nSPS) is 10.8. The first-order chi connectivity index (χ1) is 11.8. The quantitative estimate of drug-likeness (QED) is 0.777. The van der Waals surface area contributed by atoms with Crippen LogP contribution in [0.3, 0.4) is 0 Å². The lowest BCUT2D eigenvalue weighted by Gasteiger charge is -2.15. The van der Waals surface area contributed by atoms with E-state index in [1.54, 1.807) is 0 Å². The predicted molar refractivity (Wildman–Crippen MR) is 102 cm³/mol. The summed E-state index contributed by atoms with van der Waals surface area (Å²) in [6.45, 7) is 10.2. The van der Waals surface area contributed by atoms with Gasteiger partial charge in [0.25, 0.3) is 5.91 Å². The molecule has 0 atom stereocenters. The van der Waals surface area contributed by atoms with Gasteiger partial charge in [-0.15, -0.1) is 0 Å². The maximum absolute atomic E-state index is 12.1. The van der Waals surface area contributed by atoms with E-state index in [0.29, 0.717) is 5.92 Å². The van der Waals surface area contributed by atoms with Crippen molar-refractivity contribution in [3.05, 3.63) is 53.6 Å². The van der Waals surface area contributed by atoms with Crippen LogP contribution >= 0.6 is 0 Å². The van der Waals surface area contributed by atoms with E-state index in [0.717, 1.165) is 28.3 Å². The summed E-state index contributed by atoms with van der Waals surface area (Å²) in [5, 5.41) is 2.84. The van der Waals surface area contributed by atoms with Gasteiger partial charge in [0.15, 0.2) is 6.61 Å². The molecule has 1 amide bonds. The molecule has 4 nitrogen and oxygen atoms in total. The van der Waals surface area contributed by atoms with Gasteiger partial charge in [0.05, 0.1) is 6.10 Å². The molecule has 0 aliphatic heterocycles. The van der Waals surface area contributed by atoms with Crippen LogP contribution < -0.4 is 14.8 Å². The standard InChI is InChI=1S/C21H27NO3/c1-14(2)19-11-6-16(5)12-20(19)24-13-21(23)22-17-7-9-18(10-8-17)25-15(3)4/h6-12,14-15H,13H2,1-5H3,(H,22,23). The molecular weight excluding hydrogens is 314 g/mol. The maximum atomic E-state index is 12.1. The van der Waals surface area contributed by atoms with Gasteiger partial charge in [-0.05, 0) is 68.1 Å². The highest BCUT2D eigenvalue weighted by Gasteiger charge is 2.10. The Morgan fingerprint density at radius 2 is 1.72 bits per heavy atom. The van der Waals surface area contributed by atoms with Crippen LogP contribution in [0, 0.1) is 6.92 Å². The van der Waals surface area contributed by atoms with E-state index in [1.807, 2.05) is 51.1 Å². The van der Waals surface area contributed by atoms with E-state index < -0.39 is 0 Å². The van der Waals surface area contributed by atoms with Gasteiger partial charge in [-0.3, -0.25) is 4.79 Å². The number of carbonyl (C=O) groups is 1.